The number of hydrogen-bond acceptors (Lipinski definition) is 3. The largest absolute Gasteiger partial charge is 0.494 e. The van der Waals surface area contributed by atoms with Crippen LogP contribution in [-0.2, 0) is 11.3 Å². The van der Waals surface area contributed by atoms with E-state index >= 15 is 0 Å². The first-order valence-electron chi connectivity index (χ1n) is 9.30. The van der Waals surface area contributed by atoms with E-state index in [0.29, 0.717) is 26.1 Å². The summed E-state index contributed by atoms with van der Waals surface area (Å²) in [6, 6.07) is 15.8. The molecular weight excluding hydrogens is 338 g/mol. The first-order valence-corrected chi connectivity index (χ1v) is 9.30. The number of para-hydroxylation sites is 2. The van der Waals surface area contributed by atoms with Gasteiger partial charge in [-0.1, -0.05) is 18.2 Å². The molecule has 27 heavy (non-hydrogen) atoms. The molecule has 0 saturated carbocycles. The van der Waals surface area contributed by atoms with E-state index in [9.17, 15) is 4.79 Å². The lowest BCUT2D eigenvalue weighted by molar-refractivity contribution is -0.117. The second-order valence-corrected chi connectivity index (χ2v) is 6.69. The monoisotopic (exact) mass is 361 g/mol. The van der Waals surface area contributed by atoms with Crippen LogP contribution in [0.25, 0.3) is 11.0 Å². The average molecular weight is 361 g/mol. The van der Waals surface area contributed by atoms with E-state index in [4.69, 9.17) is 9.72 Å². The number of imidazole rings is 1. The number of fused-ring (bicyclic) bond motifs is 1. The molecule has 1 aromatic heterocycles. The van der Waals surface area contributed by atoms with Crippen molar-refractivity contribution in [3.05, 3.63) is 67.0 Å². The molecule has 1 amide bonds. The van der Waals surface area contributed by atoms with Crippen LogP contribution >= 0.6 is 0 Å². The van der Waals surface area contributed by atoms with Crippen molar-refractivity contribution in [3.8, 4) is 5.75 Å². The minimum absolute atomic E-state index is 0.0661. The first-order chi connectivity index (χ1) is 13.2. The van der Waals surface area contributed by atoms with Crippen LogP contribution in [0.2, 0.25) is 0 Å². The van der Waals surface area contributed by atoms with Crippen LogP contribution in [0.1, 0.15) is 25.1 Å². The highest BCUT2D eigenvalue weighted by Crippen LogP contribution is 2.33. The number of ether oxygens (including phenoxy) is 1. The molecule has 4 rings (SSSR count). The normalized spacial score (nSPS) is 16.9. The van der Waals surface area contributed by atoms with Crippen molar-refractivity contribution in [2.24, 2.45) is 0 Å². The van der Waals surface area contributed by atoms with Gasteiger partial charge in [-0.05, 0) is 43.3 Å². The summed E-state index contributed by atoms with van der Waals surface area (Å²) in [5.41, 5.74) is 2.94. The minimum atomic E-state index is 0.0661. The lowest BCUT2D eigenvalue weighted by Gasteiger charge is -2.17. The van der Waals surface area contributed by atoms with Gasteiger partial charge in [-0.25, -0.2) is 4.98 Å². The highest BCUT2D eigenvalue weighted by atomic mass is 16.5. The van der Waals surface area contributed by atoms with E-state index in [1.807, 2.05) is 60.4 Å². The third-order valence-electron chi connectivity index (χ3n) is 4.95. The molecule has 0 N–H and O–H groups in total. The van der Waals surface area contributed by atoms with Gasteiger partial charge in [-0.15, -0.1) is 6.58 Å². The van der Waals surface area contributed by atoms with Crippen LogP contribution in [0, 0.1) is 0 Å². The molecule has 0 bridgehead atoms. The Morgan fingerprint density at radius 1 is 1.22 bits per heavy atom. The Hall–Kier alpha value is -3.08. The molecule has 1 atom stereocenters. The summed E-state index contributed by atoms with van der Waals surface area (Å²) >= 11 is 0. The van der Waals surface area contributed by atoms with Crippen molar-refractivity contribution in [1.82, 2.24) is 9.55 Å². The molecule has 1 fully saturated rings. The Morgan fingerprint density at radius 3 is 2.74 bits per heavy atom. The number of anilines is 1. The number of amides is 1. The maximum absolute atomic E-state index is 12.7. The number of nitrogens with zero attached hydrogens (tertiary/aromatic N) is 3. The van der Waals surface area contributed by atoms with Gasteiger partial charge in [0.15, 0.2) is 0 Å². The van der Waals surface area contributed by atoms with Gasteiger partial charge in [0.25, 0.3) is 0 Å². The number of rotatable bonds is 6. The van der Waals surface area contributed by atoms with E-state index in [-0.39, 0.29) is 11.8 Å². The van der Waals surface area contributed by atoms with Gasteiger partial charge in [0.2, 0.25) is 5.91 Å². The number of benzene rings is 2. The van der Waals surface area contributed by atoms with Gasteiger partial charge < -0.3 is 14.2 Å². The quantitative estimate of drug-likeness (QED) is 0.620. The van der Waals surface area contributed by atoms with Crippen LogP contribution < -0.4 is 9.64 Å². The maximum atomic E-state index is 12.7. The predicted octanol–water partition coefficient (Wildman–Crippen LogP) is 4.14. The van der Waals surface area contributed by atoms with E-state index in [1.54, 1.807) is 0 Å². The Labute approximate surface area is 158 Å². The first kappa shape index (κ1) is 17.3. The molecule has 2 aromatic carbocycles. The van der Waals surface area contributed by atoms with Gasteiger partial charge in [-0.2, -0.15) is 0 Å². The standard InChI is InChI=1S/C22H23N3O2/c1-3-13-24-20-8-6-5-7-19(20)23-22(24)16-14-21(26)25(15-16)17-9-11-18(12-10-17)27-4-2/h3,5-12,16H,1,4,13-15H2,2H3. The third-order valence-corrected chi connectivity index (χ3v) is 4.95. The second-order valence-electron chi connectivity index (χ2n) is 6.69. The van der Waals surface area contributed by atoms with E-state index in [1.165, 1.54) is 0 Å². The van der Waals surface area contributed by atoms with Gasteiger partial charge in [0.1, 0.15) is 11.6 Å². The zero-order valence-corrected chi connectivity index (χ0v) is 15.5. The van der Waals surface area contributed by atoms with Gasteiger partial charge >= 0.3 is 0 Å². The summed E-state index contributed by atoms with van der Waals surface area (Å²) in [5, 5.41) is 0. The van der Waals surface area contributed by atoms with Crippen molar-refractivity contribution in [2.75, 3.05) is 18.1 Å². The zero-order chi connectivity index (χ0) is 18.8. The summed E-state index contributed by atoms with van der Waals surface area (Å²) in [7, 11) is 0. The summed E-state index contributed by atoms with van der Waals surface area (Å²) in [6.07, 6.45) is 2.34. The fourth-order valence-electron chi connectivity index (χ4n) is 3.75. The third kappa shape index (κ3) is 3.21. The zero-order valence-electron chi connectivity index (χ0n) is 15.5. The molecule has 5 nitrogen and oxygen atoms in total. The van der Waals surface area contributed by atoms with Crippen LogP contribution in [0.5, 0.6) is 5.75 Å². The Bertz CT molecular complexity index is 975. The van der Waals surface area contributed by atoms with Crippen LogP contribution in [0.15, 0.2) is 61.2 Å². The maximum Gasteiger partial charge on any atom is 0.227 e. The number of carbonyl (C=O) groups excluding carboxylic acids is 1. The Kier molecular flexibility index (Phi) is 4.67. The molecule has 3 aromatic rings. The number of aromatic nitrogens is 2. The predicted molar refractivity (Wildman–Crippen MR) is 107 cm³/mol. The van der Waals surface area contributed by atoms with E-state index < -0.39 is 0 Å². The summed E-state index contributed by atoms with van der Waals surface area (Å²) < 4.78 is 7.66. The number of hydrogen-bond donors (Lipinski definition) is 0. The van der Waals surface area contributed by atoms with Crippen LogP contribution in [0.3, 0.4) is 0 Å². The molecule has 0 aliphatic carbocycles. The van der Waals surface area contributed by atoms with E-state index in [0.717, 1.165) is 28.3 Å². The van der Waals surface area contributed by atoms with Crippen molar-refractivity contribution in [1.29, 1.82) is 0 Å². The average Bonchev–Trinajstić information content (AvgIpc) is 3.24. The molecule has 1 aliphatic heterocycles. The van der Waals surface area contributed by atoms with E-state index in [2.05, 4.69) is 17.2 Å². The molecular formula is C22H23N3O2. The fourth-order valence-corrected chi connectivity index (χ4v) is 3.75. The number of carbonyl (C=O) groups is 1. The molecule has 1 saturated heterocycles. The molecule has 0 radical (unpaired) electrons. The molecule has 1 unspecified atom stereocenters. The van der Waals surface area contributed by atoms with Crippen molar-refractivity contribution in [3.63, 3.8) is 0 Å². The Balaban J connectivity index is 1.63. The SMILES string of the molecule is C=CCn1c(C2CC(=O)N(c3ccc(OCC)cc3)C2)nc2ccccc21. The number of allylic oxidation sites excluding steroid dienone is 1. The summed E-state index contributed by atoms with van der Waals surface area (Å²) in [5.74, 6) is 1.97. The second kappa shape index (κ2) is 7.27. The lowest BCUT2D eigenvalue weighted by Crippen LogP contribution is -2.24. The Morgan fingerprint density at radius 2 is 2.00 bits per heavy atom. The molecule has 138 valence electrons. The van der Waals surface area contributed by atoms with Crippen LogP contribution in [0.4, 0.5) is 5.69 Å². The molecule has 0 spiro atoms. The lowest BCUT2D eigenvalue weighted by atomic mass is 10.1. The molecule has 5 heteroatoms. The van der Waals surface area contributed by atoms with Crippen molar-refractivity contribution >= 4 is 22.6 Å². The van der Waals surface area contributed by atoms with Crippen molar-refractivity contribution < 1.29 is 9.53 Å². The van der Waals surface area contributed by atoms with Crippen LogP contribution in [-0.4, -0.2) is 28.6 Å². The highest BCUT2D eigenvalue weighted by Gasteiger charge is 2.34. The van der Waals surface area contributed by atoms with Gasteiger partial charge in [0, 0.05) is 31.1 Å². The molecule has 2 heterocycles. The van der Waals surface area contributed by atoms with Gasteiger partial charge in [0.05, 0.1) is 17.6 Å². The topological polar surface area (TPSA) is 47.4 Å². The molecule has 1 aliphatic rings. The van der Waals surface area contributed by atoms with Crippen molar-refractivity contribution in [2.45, 2.75) is 25.8 Å². The summed E-state index contributed by atoms with van der Waals surface area (Å²) in [6.45, 7) is 7.77. The smallest absolute Gasteiger partial charge is 0.227 e. The van der Waals surface area contributed by atoms with Gasteiger partial charge in [-0.3, -0.25) is 4.79 Å². The summed E-state index contributed by atoms with van der Waals surface area (Å²) in [4.78, 5) is 19.4. The minimum Gasteiger partial charge on any atom is -0.494 e. The fraction of sp³-hybridized carbons (Fsp3) is 0.273. The highest BCUT2D eigenvalue weighted by molar-refractivity contribution is 5.96.